The van der Waals surface area contributed by atoms with Crippen molar-refractivity contribution in [3.05, 3.63) is 99.0 Å². The summed E-state index contributed by atoms with van der Waals surface area (Å²) in [6.45, 7) is 9.34. The molecule has 1 aromatic heterocycles. The number of carbonyl (C=O) groups is 1. The summed E-state index contributed by atoms with van der Waals surface area (Å²) in [5.41, 5.74) is 4.07. The van der Waals surface area contributed by atoms with Gasteiger partial charge in [0.15, 0.2) is 0 Å². The molecule has 1 amide bonds. The Morgan fingerprint density at radius 3 is 2.46 bits per heavy atom. The van der Waals surface area contributed by atoms with Crippen LogP contribution in [0, 0.1) is 26.6 Å². The zero-order chi connectivity index (χ0) is 25.3. The Morgan fingerprint density at radius 2 is 1.83 bits per heavy atom. The van der Waals surface area contributed by atoms with Crippen molar-refractivity contribution in [1.29, 1.82) is 0 Å². The molecule has 0 radical (unpaired) electrons. The second-order valence-electron chi connectivity index (χ2n) is 8.90. The first-order valence-corrected chi connectivity index (χ1v) is 13.8. The molecule has 2 aromatic carbocycles. The standard InChI is InChI=1S/C27H29FN2O3S2/c1-5-12-29(35(32,33)27-19(3)15-18(2)16-20(27)4)17-25(31)30-13-10-24-23(11-14-34-24)26(30)21-6-8-22(28)9-7-21/h5-9,11,14-16,26H,1,10,12-13,17H2,2-4H3. The van der Waals surface area contributed by atoms with Crippen LogP contribution in [-0.2, 0) is 21.2 Å². The van der Waals surface area contributed by atoms with Crippen LogP contribution in [0.4, 0.5) is 4.39 Å². The number of aryl methyl sites for hydroxylation is 3. The van der Waals surface area contributed by atoms with Gasteiger partial charge < -0.3 is 4.90 Å². The number of thiophene rings is 1. The fourth-order valence-electron chi connectivity index (χ4n) is 4.93. The molecule has 0 saturated heterocycles. The van der Waals surface area contributed by atoms with Gasteiger partial charge in [0.2, 0.25) is 15.9 Å². The molecule has 0 saturated carbocycles. The molecular formula is C27H29FN2O3S2. The Balaban J connectivity index is 1.69. The van der Waals surface area contributed by atoms with Crippen LogP contribution >= 0.6 is 11.3 Å². The van der Waals surface area contributed by atoms with E-state index in [1.54, 1.807) is 42.2 Å². The second kappa shape index (κ2) is 10.0. The van der Waals surface area contributed by atoms with Gasteiger partial charge in [0, 0.05) is 18.0 Å². The maximum atomic E-state index is 13.7. The molecule has 0 bridgehead atoms. The Bertz CT molecular complexity index is 1340. The monoisotopic (exact) mass is 512 g/mol. The fourth-order valence-corrected chi connectivity index (χ4v) is 7.60. The number of nitrogens with zero attached hydrogens (tertiary/aromatic N) is 2. The maximum Gasteiger partial charge on any atom is 0.244 e. The largest absolute Gasteiger partial charge is 0.330 e. The van der Waals surface area contributed by atoms with E-state index in [0.29, 0.717) is 24.1 Å². The van der Waals surface area contributed by atoms with E-state index in [9.17, 15) is 17.6 Å². The second-order valence-corrected chi connectivity index (χ2v) is 11.8. The van der Waals surface area contributed by atoms with Crippen LogP contribution in [0.1, 0.15) is 38.7 Å². The molecule has 35 heavy (non-hydrogen) atoms. The average Bonchev–Trinajstić information content (AvgIpc) is 3.26. The van der Waals surface area contributed by atoms with Crippen molar-refractivity contribution in [2.45, 2.75) is 38.1 Å². The first-order valence-electron chi connectivity index (χ1n) is 11.4. The van der Waals surface area contributed by atoms with E-state index in [2.05, 4.69) is 6.58 Å². The lowest BCUT2D eigenvalue weighted by molar-refractivity contribution is -0.133. The fraction of sp³-hybridized carbons (Fsp3) is 0.296. The summed E-state index contributed by atoms with van der Waals surface area (Å²) in [6.07, 6.45) is 2.19. The topological polar surface area (TPSA) is 57.7 Å². The molecule has 4 rings (SSSR count). The Hall–Kier alpha value is -2.81. The number of rotatable bonds is 7. The highest BCUT2D eigenvalue weighted by Gasteiger charge is 2.36. The van der Waals surface area contributed by atoms with E-state index < -0.39 is 16.1 Å². The van der Waals surface area contributed by atoms with Crippen molar-refractivity contribution in [2.24, 2.45) is 0 Å². The van der Waals surface area contributed by atoms with Gasteiger partial charge in [-0.3, -0.25) is 4.79 Å². The van der Waals surface area contributed by atoms with Gasteiger partial charge in [-0.25, -0.2) is 12.8 Å². The molecule has 5 nitrogen and oxygen atoms in total. The normalized spacial score (nSPS) is 15.8. The molecule has 2 heterocycles. The number of amides is 1. The summed E-state index contributed by atoms with van der Waals surface area (Å²) in [7, 11) is -3.95. The number of benzene rings is 2. The first-order chi connectivity index (χ1) is 16.6. The predicted molar refractivity (Wildman–Crippen MR) is 138 cm³/mol. The van der Waals surface area contributed by atoms with Crippen LogP contribution in [0.5, 0.6) is 0 Å². The molecule has 0 fully saturated rings. The highest BCUT2D eigenvalue weighted by molar-refractivity contribution is 7.89. The summed E-state index contributed by atoms with van der Waals surface area (Å²) in [5.74, 6) is -0.649. The minimum absolute atomic E-state index is 0.0135. The molecule has 1 aliphatic heterocycles. The van der Waals surface area contributed by atoms with E-state index in [-0.39, 0.29) is 29.7 Å². The third-order valence-electron chi connectivity index (χ3n) is 6.32. The number of hydrogen-bond donors (Lipinski definition) is 0. The van der Waals surface area contributed by atoms with Gasteiger partial charge in [-0.2, -0.15) is 4.31 Å². The van der Waals surface area contributed by atoms with Crippen molar-refractivity contribution in [1.82, 2.24) is 9.21 Å². The molecule has 1 atom stereocenters. The van der Waals surface area contributed by atoms with Crippen LogP contribution < -0.4 is 0 Å². The summed E-state index contributed by atoms with van der Waals surface area (Å²) in [6, 6.07) is 11.4. The zero-order valence-corrected chi connectivity index (χ0v) is 21.8. The molecular weight excluding hydrogens is 483 g/mol. The molecule has 0 spiro atoms. The Kier molecular flexibility index (Phi) is 7.26. The molecule has 0 N–H and O–H groups in total. The Labute approximate surface area is 210 Å². The summed E-state index contributed by atoms with van der Waals surface area (Å²) in [4.78, 5) is 16.8. The van der Waals surface area contributed by atoms with E-state index in [1.807, 2.05) is 30.5 Å². The van der Waals surface area contributed by atoms with Crippen molar-refractivity contribution >= 4 is 27.3 Å². The van der Waals surface area contributed by atoms with Crippen molar-refractivity contribution in [2.75, 3.05) is 19.6 Å². The van der Waals surface area contributed by atoms with E-state index in [4.69, 9.17) is 0 Å². The zero-order valence-electron chi connectivity index (χ0n) is 20.1. The van der Waals surface area contributed by atoms with Crippen molar-refractivity contribution < 1.29 is 17.6 Å². The SMILES string of the molecule is C=CCN(CC(=O)N1CCc2sccc2C1c1ccc(F)cc1)S(=O)(=O)c1c(C)cc(C)cc1C. The van der Waals surface area contributed by atoms with Crippen LogP contribution in [0.15, 0.2) is 65.4 Å². The van der Waals surface area contributed by atoms with Gasteiger partial charge in [-0.05, 0) is 73.0 Å². The number of halogens is 1. The van der Waals surface area contributed by atoms with Crippen molar-refractivity contribution in [3.63, 3.8) is 0 Å². The summed E-state index contributed by atoms with van der Waals surface area (Å²) < 4.78 is 42.2. The lowest BCUT2D eigenvalue weighted by atomic mass is 9.93. The highest BCUT2D eigenvalue weighted by atomic mass is 32.2. The third kappa shape index (κ3) is 4.96. The van der Waals surface area contributed by atoms with Gasteiger partial charge in [-0.1, -0.05) is 35.9 Å². The van der Waals surface area contributed by atoms with Crippen LogP contribution in [0.25, 0.3) is 0 Å². The van der Waals surface area contributed by atoms with E-state index in [1.165, 1.54) is 27.4 Å². The number of carbonyl (C=O) groups excluding carboxylic acids is 1. The van der Waals surface area contributed by atoms with Crippen LogP contribution in [0.3, 0.4) is 0 Å². The Morgan fingerprint density at radius 1 is 1.17 bits per heavy atom. The van der Waals surface area contributed by atoms with Gasteiger partial charge in [0.25, 0.3) is 0 Å². The molecule has 0 aliphatic carbocycles. The van der Waals surface area contributed by atoms with E-state index in [0.717, 1.165) is 16.7 Å². The highest BCUT2D eigenvalue weighted by Crippen LogP contribution is 2.38. The minimum atomic E-state index is -3.95. The van der Waals surface area contributed by atoms with E-state index >= 15 is 0 Å². The lowest BCUT2D eigenvalue weighted by Crippen LogP contribution is -2.47. The molecule has 3 aromatic rings. The number of sulfonamides is 1. The smallest absolute Gasteiger partial charge is 0.244 e. The third-order valence-corrected chi connectivity index (χ3v) is 9.43. The van der Waals surface area contributed by atoms with Gasteiger partial charge in [0.05, 0.1) is 17.5 Å². The average molecular weight is 513 g/mol. The van der Waals surface area contributed by atoms with Crippen LogP contribution in [0.2, 0.25) is 0 Å². The quantitative estimate of drug-likeness (QED) is 0.411. The van der Waals surface area contributed by atoms with Gasteiger partial charge in [0.1, 0.15) is 5.82 Å². The molecule has 1 aliphatic rings. The van der Waals surface area contributed by atoms with Crippen LogP contribution in [-0.4, -0.2) is 43.2 Å². The number of fused-ring (bicyclic) bond motifs is 1. The van der Waals surface area contributed by atoms with Gasteiger partial charge in [-0.15, -0.1) is 17.9 Å². The summed E-state index contributed by atoms with van der Waals surface area (Å²) >= 11 is 1.64. The van der Waals surface area contributed by atoms with Crippen molar-refractivity contribution in [3.8, 4) is 0 Å². The maximum absolute atomic E-state index is 13.7. The number of hydrogen-bond acceptors (Lipinski definition) is 4. The molecule has 184 valence electrons. The summed E-state index contributed by atoms with van der Waals surface area (Å²) in [5, 5.41) is 1.99. The first kappa shape index (κ1) is 25.3. The lowest BCUT2D eigenvalue weighted by Gasteiger charge is -2.37. The minimum Gasteiger partial charge on any atom is -0.330 e. The van der Waals surface area contributed by atoms with Gasteiger partial charge >= 0.3 is 0 Å². The molecule has 1 unspecified atom stereocenters. The predicted octanol–water partition coefficient (Wildman–Crippen LogP) is 5.16. The molecule has 8 heteroatoms.